The maximum atomic E-state index is 10.2. The molecule has 0 bridgehead atoms. The van der Waals surface area contributed by atoms with Crippen LogP contribution in [0.3, 0.4) is 0 Å². The van der Waals surface area contributed by atoms with Gasteiger partial charge in [0.05, 0.1) is 31.0 Å². The van der Waals surface area contributed by atoms with Gasteiger partial charge in [-0.3, -0.25) is 4.90 Å². The first-order chi connectivity index (χ1) is 8.53. The molecule has 1 heterocycles. The third kappa shape index (κ3) is 3.65. The molecule has 5 nitrogen and oxygen atoms in total. The Balaban J connectivity index is 1.57. The number of likely N-dealkylation sites (tertiary alicyclic amines) is 1. The van der Waals surface area contributed by atoms with Crippen LogP contribution in [0.5, 0.6) is 0 Å². The Morgan fingerprint density at radius 3 is 2.56 bits per heavy atom. The van der Waals surface area contributed by atoms with Crippen molar-refractivity contribution in [2.75, 3.05) is 40.0 Å². The normalized spacial score (nSPS) is 26.7. The van der Waals surface area contributed by atoms with Crippen LogP contribution in [0.2, 0.25) is 0 Å². The molecule has 2 rings (SSSR count). The number of aliphatic hydroxyl groups excluding tert-OH is 1. The van der Waals surface area contributed by atoms with Crippen LogP contribution in [0, 0.1) is 5.92 Å². The highest BCUT2D eigenvalue weighted by molar-refractivity contribution is 5.05. The van der Waals surface area contributed by atoms with Gasteiger partial charge in [-0.05, 0) is 25.7 Å². The van der Waals surface area contributed by atoms with Gasteiger partial charge in [-0.2, -0.15) is 0 Å². The fourth-order valence-electron chi connectivity index (χ4n) is 2.65. The standard InChI is InChI=1S/C13H25NO4/c1-10(6-17-2)18-7-12(15)5-14-8-13(16,9-14)11-3-4-11/h10-12,15-16H,3-9H2,1-2H3. The van der Waals surface area contributed by atoms with Crippen LogP contribution in [-0.4, -0.2) is 72.9 Å². The number of β-amino-alcohol motifs (C(OH)–C–C–N with tert-alkyl or cyclic N) is 2. The summed E-state index contributed by atoms with van der Waals surface area (Å²) in [6.07, 6.45) is 1.83. The zero-order valence-corrected chi connectivity index (χ0v) is 11.3. The molecule has 2 N–H and O–H groups in total. The van der Waals surface area contributed by atoms with Crippen molar-refractivity contribution in [3.8, 4) is 0 Å². The smallest absolute Gasteiger partial charge is 0.0928 e. The first kappa shape index (κ1) is 14.2. The number of aliphatic hydroxyl groups is 2. The third-order valence-corrected chi connectivity index (χ3v) is 3.78. The molecule has 1 aliphatic carbocycles. The van der Waals surface area contributed by atoms with Crippen molar-refractivity contribution in [1.29, 1.82) is 0 Å². The van der Waals surface area contributed by atoms with Gasteiger partial charge in [0.1, 0.15) is 0 Å². The van der Waals surface area contributed by atoms with E-state index in [4.69, 9.17) is 9.47 Å². The molecule has 1 saturated carbocycles. The van der Waals surface area contributed by atoms with E-state index >= 15 is 0 Å². The molecule has 0 aromatic rings. The minimum absolute atomic E-state index is 0.00411. The van der Waals surface area contributed by atoms with E-state index in [0.717, 1.165) is 12.8 Å². The van der Waals surface area contributed by atoms with Crippen molar-refractivity contribution in [2.45, 2.75) is 37.6 Å². The maximum Gasteiger partial charge on any atom is 0.0928 e. The van der Waals surface area contributed by atoms with Gasteiger partial charge in [-0.15, -0.1) is 0 Å². The predicted molar refractivity (Wildman–Crippen MR) is 67.4 cm³/mol. The summed E-state index contributed by atoms with van der Waals surface area (Å²) >= 11 is 0. The molecular weight excluding hydrogens is 234 g/mol. The summed E-state index contributed by atoms with van der Waals surface area (Å²) in [6, 6.07) is 0. The van der Waals surface area contributed by atoms with Crippen LogP contribution in [0.4, 0.5) is 0 Å². The van der Waals surface area contributed by atoms with Gasteiger partial charge in [-0.25, -0.2) is 0 Å². The van der Waals surface area contributed by atoms with E-state index in [9.17, 15) is 10.2 Å². The fraction of sp³-hybridized carbons (Fsp3) is 1.00. The van der Waals surface area contributed by atoms with Crippen molar-refractivity contribution in [3.05, 3.63) is 0 Å². The predicted octanol–water partition coefficient (Wildman–Crippen LogP) is -0.144. The zero-order valence-electron chi connectivity index (χ0n) is 11.3. The lowest BCUT2D eigenvalue weighted by Crippen LogP contribution is -2.64. The second-order valence-corrected chi connectivity index (χ2v) is 5.80. The molecule has 2 atom stereocenters. The van der Waals surface area contributed by atoms with Crippen molar-refractivity contribution in [2.24, 2.45) is 5.92 Å². The number of hydrogen-bond donors (Lipinski definition) is 2. The quantitative estimate of drug-likeness (QED) is 0.635. The van der Waals surface area contributed by atoms with E-state index in [0.29, 0.717) is 38.8 Å². The lowest BCUT2D eigenvalue weighted by Gasteiger charge is -2.47. The van der Waals surface area contributed by atoms with E-state index in [-0.39, 0.29) is 6.10 Å². The Hall–Kier alpha value is -0.200. The van der Waals surface area contributed by atoms with Crippen LogP contribution >= 0.6 is 0 Å². The van der Waals surface area contributed by atoms with Crippen LogP contribution in [0.15, 0.2) is 0 Å². The minimum Gasteiger partial charge on any atom is -0.389 e. The molecule has 2 fully saturated rings. The Bertz CT molecular complexity index is 264. The van der Waals surface area contributed by atoms with Gasteiger partial charge in [0.15, 0.2) is 0 Å². The van der Waals surface area contributed by atoms with Crippen LogP contribution in [0.1, 0.15) is 19.8 Å². The van der Waals surface area contributed by atoms with Crippen LogP contribution < -0.4 is 0 Å². The molecule has 0 aromatic carbocycles. The molecule has 5 heteroatoms. The summed E-state index contributed by atoms with van der Waals surface area (Å²) in [5, 5.41) is 20.0. The summed E-state index contributed by atoms with van der Waals surface area (Å²) in [7, 11) is 1.63. The van der Waals surface area contributed by atoms with E-state index in [1.807, 2.05) is 6.92 Å². The second-order valence-electron chi connectivity index (χ2n) is 5.80. The second kappa shape index (κ2) is 5.84. The Morgan fingerprint density at radius 1 is 1.33 bits per heavy atom. The molecule has 1 aliphatic heterocycles. The molecule has 2 aliphatic rings. The van der Waals surface area contributed by atoms with Crippen LogP contribution in [-0.2, 0) is 9.47 Å². The van der Waals surface area contributed by atoms with Crippen molar-refractivity contribution in [3.63, 3.8) is 0 Å². The summed E-state index contributed by atoms with van der Waals surface area (Å²) in [5.74, 6) is 0.504. The molecule has 0 spiro atoms. The maximum absolute atomic E-state index is 10.2. The lowest BCUT2D eigenvalue weighted by atomic mass is 9.88. The highest BCUT2D eigenvalue weighted by atomic mass is 16.5. The lowest BCUT2D eigenvalue weighted by molar-refractivity contribution is -0.129. The Morgan fingerprint density at radius 2 is 2.00 bits per heavy atom. The van der Waals surface area contributed by atoms with E-state index < -0.39 is 11.7 Å². The van der Waals surface area contributed by atoms with E-state index in [2.05, 4.69) is 4.90 Å². The molecule has 0 radical (unpaired) electrons. The molecule has 0 aromatic heterocycles. The fourth-order valence-corrected chi connectivity index (χ4v) is 2.65. The van der Waals surface area contributed by atoms with Crippen LogP contribution in [0.25, 0.3) is 0 Å². The van der Waals surface area contributed by atoms with Gasteiger partial charge in [0, 0.05) is 26.7 Å². The van der Waals surface area contributed by atoms with Gasteiger partial charge in [0.25, 0.3) is 0 Å². The first-order valence-corrected chi connectivity index (χ1v) is 6.77. The number of rotatable bonds is 8. The van der Waals surface area contributed by atoms with Gasteiger partial charge >= 0.3 is 0 Å². The molecule has 106 valence electrons. The molecule has 1 saturated heterocycles. The Kier molecular flexibility index (Phi) is 4.61. The van der Waals surface area contributed by atoms with Gasteiger partial charge in [0.2, 0.25) is 0 Å². The van der Waals surface area contributed by atoms with E-state index in [1.165, 1.54) is 0 Å². The topological polar surface area (TPSA) is 62.2 Å². The summed E-state index contributed by atoms with van der Waals surface area (Å²) < 4.78 is 10.4. The monoisotopic (exact) mass is 259 g/mol. The number of methoxy groups -OCH3 is 1. The highest BCUT2D eigenvalue weighted by Crippen LogP contribution is 2.44. The SMILES string of the molecule is COCC(C)OCC(O)CN1CC(O)(C2CC2)C1. The number of nitrogens with zero attached hydrogens (tertiary/aromatic N) is 1. The van der Waals surface area contributed by atoms with Crippen molar-refractivity contribution < 1.29 is 19.7 Å². The molecular formula is C13H25NO4. The molecule has 0 amide bonds. The van der Waals surface area contributed by atoms with Gasteiger partial charge < -0.3 is 19.7 Å². The average molecular weight is 259 g/mol. The minimum atomic E-state index is -0.493. The largest absolute Gasteiger partial charge is 0.389 e. The highest BCUT2D eigenvalue weighted by Gasteiger charge is 2.51. The van der Waals surface area contributed by atoms with Crippen molar-refractivity contribution >= 4 is 0 Å². The van der Waals surface area contributed by atoms with Crippen molar-refractivity contribution in [1.82, 2.24) is 4.90 Å². The number of ether oxygens (including phenoxy) is 2. The summed E-state index contributed by atoms with van der Waals surface area (Å²) in [6.45, 7) is 4.76. The Labute approximate surface area is 109 Å². The summed E-state index contributed by atoms with van der Waals surface area (Å²) in [4.78, 5) is 2.09. The van der Waals surface area contributed by atoms with Gasteiger partial charge in [-0.1, -0.05) is 0 Å². The molecule has 2 unspecified atom stereocenters. The zero-order chi connectivity index (χ0) is 13.2. The first-order valence-electron chi connectivity index (χ1n) is 6.77. The third-order valence-electron chi connectivity index (χ3n) is 3.78. The van der Waals surface area contributed by atoms with E-state index in [1.54, 1.807) is 7.11 Å². The molecule has 18 heavy (non-hydrogen) atoms. The number of hydrogen-bond acceptors (Lipinski definition) is 5. The average Bonchev–Trinajstić information content (AvgIpc) is 3.08. The summed E-state index contributed by atoms with van der Waals surface area (Å²) in [5.41, 5.74) is -0.468.